The summed E-state index contributed by atoms with van der Waals surface area (Å²) in [6.45, 7) is 3.42. The van der Waals surface area contributed by atoms with Crippen molar-refractivity contribution in [3.63, 3.8) is 0 Å². The lowest BCUT2D eigenvalue weighted by molar-refractivity contribution is -0.137. The highest BCUT2D eigenvalue weighted by molar-refractivity contribution is 5.76. The molecule has 1 aliphatic heterocycles. The average Bonchev–Trinajstić information content (AvgIpc) is 2.92. The van der Waals surface area contributed by atoms with Gasteiger partial charge in [0.05, 0.1) is 11.7 Å². The second-order valence-corrected chi connectivity index (χ2v) is 6.18. The molecular formula is C17H23F3N2O2. The van der Waals surface area contributed by atoms with Crippen molar-refractivity contribution in [1.29, 1.82) is 0 Å². The number of amides is 1. The second kappa shape index (κ2) is 7.53. The van der Waals surface area contributed by atoms with Gasteiger partial charge in [-0.1, -0.05) is 12.1 Å². The summed E-state index contributed by atoms with van der Waals surface area (Å²) in [7, 11) is 1.73. The van der Waals surface area contributed by atoms with Gasteiger partial charge in [0.1, 0.15) is 0 Å². The first-order valence-electron chi connectivity index (χ1n) is 8.05. The quantitative estimate of drug-likeness (QED) is 0.893. The Hall–Kier alpha value is -1.60. The van der Waals surface area contributed by atoms with Crippen LogP contribution < -0.4 is 0 Å². The van der Waals surface area contributed by atoms with Gasteiger partial charge < -0.3 is 10.0 Å². The van der Waals surface area contributed by atoms with E-state index in [9.17, 15) is 23.1 Å². The smallest absolute Gasteiger partial charge is 0.392 e. The Bertz CT molecular complexity index is 560. The molecular weight excluding hydrogens is 321 g/mol. The van der Waals surface area contributed by atoms with Crippen LogP contribution in [0.4, 0.5) is 13.2 Å². The topological polar surface area (TPSA) is 43.8 Å². The summed E-state index contributed by atoms with van der Waals surface area (Å²) in [5, 5.41) is 9.92. The number of carbonyl (C=O) groups excluding carboxylic acids is 1. The maximum Gasteiger partial charge on any atom is 0.416 e. The number of alkyl halides is 3. The number of β-amino-alcohol motifs (C(OH)–C–C–N with tert-alkyl or cyclic N) is 1. The van der Waals surface area contributed by atoms with Crippen molar-refractivity contribution in [2.45, 2.75) is 38.1 Å². The molecule has 0 aromatic heterocycles. The SMILES string of the molecule is CCN(C)C(=O)CCN1CC(O)CC1c1ccc(C(F)(F)F)cc1. The summed E-state index contributed by atoms with van der Waals surface area (Å²) in [5.41, 5.74) is 0.0481. The van der Waals surface area contributed by atoms with Gasteiger partial charge in [-0.3, -0.25) is 9.69 Å². The van der Waals surface area contributed by atoms with Crippen molar-refractivity contribution in [2.75, 3.05) is 26.7 Å². The fraction of sp³-hybridized carbons (Fsp3) is 0.588. The first kappa shape index (κ1) is 18.7. The van der Waals surface area contributed by atoms with E-state index in [0.29, 0.717) is 32.5 Å². The zero-order valence-corrected chi connectivity index (χ0v) is 13.9. The molecule has 0 saturated carbocycles. The minimum Gasteiger partial charge on any atom is -0.392 e. The maximum atomic E-state index is 12.7. The molecule has 1 heterocycles. The van der Waals surface area contributed by atoms with Crippen LogP contribution in [0.15, 0.2) is 24.3 Å². The Labute approximate surface area is 139 Å². The van der Waals surface area contributed by atoms with E-state index in [1.54, 1.807) is 11.9 Å². The van der Waals surface area contributed by atoms with Gasteiger partial charge in [0, 0.05) is 39.1 Å². The first-order chi connectivity index (χ1) is 11.2. The number of rotatable bonds is 5. The predicted octanol–water partition coefficient (Wildman–Crippen LogP) is 2.68. The van der Waals surface area contributed by atoms with Crippen molar-refractivity contribution in [1.82, 2.24) is 9.80 Å². The van der Waals surface area contributed by atoms with Gasteiger partial charge >= 0.3 is 6.18 Å². The monoisotopic (exact) mass is 344 g/mol. The van der Waals surface area contributed by atoms with Crippen LogP contribution in [0.1, 0.15) is 36.9 Å². The van der Waals surface area contributed by atoms with E-state index in [4.69, 9.17) is 0 Å². The summed E-state index contributed by atoms with van der Waals surface area (Å²) in [4.78, 5) is 15.5. The highest BCUT2D eigenvalue weighted by atomic mass is 19.4. The van der Waals surface area contributed by atoms with Gasteiger partial charge in [0.2, 0.25) is 5.91 Å². The van der Waals surface area contributed by atoms with Gasteiger partial charge in [0.15, 0.2) is 0 Å². The van der Waals surface area contributed by atoms with Crippen molar-refractivity contribution in [3.8, 4) is 0 Å². The number of halogens is 3. The van der Waals surface area contributed by atoms with Crippen molar-refractivity contribution >= 4 is 5.91 Å². The van der Waals surface area contributed by atoms with E-state index in [0.717, 1.165) is 17.7 Å². The van der Waals surface area contributed by atoms with E-state index in [1.165, 1.54) is 12.1 Å². The Morgan fingerprint density at radius 2 is 1.96 bits per heavy atom. The largest absolute Gasteiger partial charge is 0.416 e. The minimum absolute atomic E-state index is 0.0186. The molecule has 0 spiro atoms. The molecule has 2 atom stereocenters. The van der Waals surface area contributed by atoms with Crippen LogP contribution in [0, 0.1) is 0 Å². The zero-order valence-electron chi connectivity index (χ0n) is 13.9. The molecule has 0 aliphatic carbocycles. The van der Waals surface area contributed by atoms with Gasteiger partial charge in [-0.2, -0.15) is 13.2 Å². The maximum absolute atomic E-state index is 12.7. The fourth-order valence-corrected chi connectivity index (χ4v) is 2.97. The molecule has 2 rings (SSSR count). The van der Waals surface area contributed by atoms with Crippen molar-refractivity contribution in [3.05, 3.63) is 35.4 Å². The Morgan fingerprint density at radius 1 is 1.33 bits per heavy atom. The number of benzene rings is 1. The van der Waals surface area contributed by atoms with Gasteiger partial charge in [-0.25, -0.2) is 0 Å². The summed E-state index contributed by atoms with van der Waals surface area (Å²) >= 11 is 0. The lowest BCUT2D eigenvalue weighted by atomic mass is 10.0. The normalized spacial score (nSPS) is 21.9. The average molecular weight is 344 g/mol. The number of hydrogen-bond acceptors (Lipinski definition) is 3. The molecule has 2 unspecified atom stereocenters. The van der Waals surface area contributed by atoms with Crippen LogP contribution in [0.5, 0.6) is 0 Å². The molecule has 0 radical (unpaired) electrons. The third-order valence-electron chi connectivity index (χ3n) is 4.52. The third-order valence-corrected chi connectivity index (χ3v) is 4.52. The van der Waals surface area contributed by atoms with E-state index < -0.39 is 17.8 Å². The molecule has 1 N–H and O–H groups in total. The Morgan fingerprint density at radius 3 is 2.50 bits per heavy atom. The molecule has 1 aliphatic rings. The lowest BCUT2D eigenvalue weighted by Crippen LogP contribution is -2.32. The van der Waals surface area contributed by atoms with Crippen LogP contribution in [0.25, 0.3) is 0 Å². The molecule has 0 bridgehead atoms. The summed E-state index contributed by atoms with van der Waals surface area (Å²) < 4.78 is 38.0. The molecule has 4 nitrogen and oxygen atoms in total. The van der Waals surface area contributed by atoms with Crippen LogP contribution in [0.3, 0.4) is 0 Å². The van der Waals surface area contributed by atoms with Crippen LogP contribution in [-0.4, -0.2) is 53.6 Å². The number of nitrogens with zero attached hydrogens (tertiary/aromatic N) is 2. The number of aliphatic hydroxyl groups excluding tert-OH is 1. The van der Waals surface area contributed by atoms with Crippen molar-refractivity contribution < 1.29 is 23.1 Å². The minimum atomic E-state index is -4.36. The fourth-order valence-electron chi connectivity index (χ4n) is 2.97. The molecule has 1 aromatic carbocycles. The number of likely N-dealkylation sites (tertiary alicyclic amines) is 1. The van der Waals surface area contributed by atoms with E-state index in [2.05, 4.69) is 0 Å². The number of hydrogen-bond donors (Lipinski definition) is 1. The van der Waals surface area contributed by atoms with Crippen LogP contribution >= 0.6 is 0 Å². The predicted molar refractivity (Wildman–Crippen MR) is 84.3 cm³/mol. The zero-order chi connectivity index (χ0) is 17.9. The Kier molecular flexibility index (Phi) is 5.87. The second-order valence-electron chi connectivity index (χ2n) is 6.18. The van der Waals surface area contributed by atoms with Crippen LogP contribution in [0.2, 0.25) is 0 Å². The Balaban J connectivity index is 2.06. The molecule has 1 saturated heterocycles. The lowest BCUT2D eigenvalue weighted by Gasteiger charge is -2.25. The highest BCUT2D eigenvalue weighted by Gasteiger charge is 2.34. The van der Waals surface area contributed by atoms with Crippen LogP contribution in [-0.2, 0) is 11.0 Å². The molecule has 1 amide bonds. The van der Waals surface area contributed by atoms with Crippen molar-refractivity contribution in [2.24, 2.45) is 0 Å². The first-order valence-corrected chi connectivity index (χ1v) is 8.05. The van der Waals surface area contributed by atoms with Gasteiger partial charge in [-0.15, -0.1) is 0 Å². The van der Waals surface area contributed by atoms with E-state index in [-0.39, 0.29) is 11.9 Å². The molecule has 1 fully saturated rings. The van der Waals surface area contributed by atoms with Gasteiger partial charge in [-0.05, 0) is 31.0 Å². The van der Waals surface area contributed by atoms with Gasteiger partial charge in [0.25, 0.3) is 0 Å². The summed E-state index contributed by atoms with van der Waals surface area (Å²) in [6, 6.07) is 4.88. The molecule has 1 aromatic rings. The molecule has 134 valence electrons. The standard InChI is InChI=1S/C17H23F3N2O2/c1-3-21(2)16(24)8-9-22-11-14(23)10-15(22)12-4-6-13(7-5-12)17(18,19)20/h4-7,14-15,23H,3,8-11H2,1-2H3. The van der Waals surface area contributed by atoms with E-state index >= 15 is 0 Å². The number of carbonyl (C=O) groups is 1. The summed E-state index contributed by atoms with van der Waals surface area (Å²) in [6.07, 6.45) is -4.10. The van der Waals surface area contributed by atoms with E-state index in [1.807, 2.05) is 11.8 Å². The third kappa shape index (κ3) is 4.48. The number of aliphatic hydroxyl groups is 1. The summed E-state index contributed by atoms with van der Waals surface area (Å²) in [5.74, 6) is 0.0186. The molecule has 24 heavy (non-hydrogen) atoms. The molecule has 7 heteroatoms. The highest BCUT2D eigenvalue weighted by Crippen LogP contribution is 2.35.